The first-order valence-electron chi connectivity index (χ1n) is 8.39. The molecule has 4 rings (SSSR count). The first-order chi connectivity index (χ1) is 13.6. The van der Waals surface area contributed by atoms with Crippen molar-refractivity contribution < 1.29 is 23.2 Å². The Balaban J connectivity index is 1.82. The van der Waals surface area contributed by atoms with E-state index in [1.165, 1.54) is 16.2 Å². The minimum Gasteiger partial charge on any atom is -0.495 e. The number of ether oxygens (including phenoxy) is 2. The first kappa shape index (κ1) is 18.1. The second-order valence-corrected chi connectivity index (χ2v) is 6.92. The summed E-state index contributed by atoms with van der Waals surface area (Å²) >= 11 is 1.32. The maximum Gasteiger partial charge on any atom is 0.299 e. The highest BCUT2D eigenvalue weighted by atomic mass is 32.1. The number of furan rings is 1. The smallest absolute Gasteiger partial charge is 0.299 e. The summed E-state index contributed by atoms with van der Waals surface area (Å²) in [7, 11) is 3.16. The number of hydrogen-bond acceptors (Lipinski definition) is 8. The second-order valence-electron chi connectivity index (χ2n) is 5.95. The molecule has 1 amide bonds. The normalized spacial score (nSPS) is 11.0. The number of aryl methyl sites for hydroxylation is 1. The van der Waals surface area contributed by atoms with Gasteiger partial charge in [0, 0.05) is 6.07 Å². The van der Waals surface area contributed by atoms with Gasteiger partial charge in [-0.1, -0.05) is 16.5 Å². The number of thiazole rings is 1. The standard InChI is InChI=1S/C19H17N3O5S/c1-11-9-15(27-21-11)18(23)22(10-12-5-4-8-26-12)19-20-16-13(24-2)6-7-14(25-3)17(16)28-19/h4-9H,10H2,1-3H3. The van der Waals surface area contributed by atoms with Gasteiger partial charge in [0.25, 0.3) is 5.91 Å². The summed E-state index contributed by atoms with van der Waals surface area (Å²) < 4.78 is 22.2. The van der Waals surface area contributed by atoms with Gasteiger partial charge in [-0.25, -0.2) is 4.98 Å². The molecular weight excluding hydrogens is 382 g/mol. The lowest BCUT2D eigenvalue weighted by Gasteiger charge is -2.16. The van der Waals surface area contributed by atoms with Crippen LogP contribution in [0.15, 0.2) is 45.5 Å². The Hall–Kier alpha value is -3.33. The minimum absolute atomic E-state index is 0.127. The zero-order valence-corrected chi connectivity index (χ0v) is 16.3. The molecule has 4 aromatic rings. The number of anilines is 1. The Morgan fingerprint density at radius 1 is 1.21 bits per heavy atom. The average Bonchev–Trinajstić information content (AvgIpc) is 3.45. The quantitative estimate of drug-likeness (QED) is 0.483. The molecule has 1 aromatic carbocycles. The molecule has 0 fully saturated rings. The van der Waals surface area contributed by atoms with Crippen molar-refractivity contribution in [2.45, 2.75) is 13.5 Å². The van der Waals surface area contributed by atoms with E-state index in [9.17, 15) is 4.79 Å². The van der Waals surface area contributed by atoms with Gasteiger partial charge in [0.2, 0.25) is 5.76 Å². The van der Waals surface area contributed by atoms with Gasteiger partial charge in [0.15, 0.2) is 5.13 Å². The van der Waals surface area contributed by atoms with E-state index in [1.807, 2.05) is 6.07 Å². The molecule has 0 aliphatic heterocycles. The predicted molar refractivity (Wildman–Crippen MR) is 103 cm³/mol. The van der Waals surface area contributed by atoms with Gasteiger partial charge in [-0.15, -0.1) is 0 Å². The van der Waals surface area contributed by atoms with E-state index in [4.69, 9.17) is 18.4 Å². The number of carbonyl (C=O) groups excluding carboxylic acids is 1. The van der Waals surface area contributed by atoms with Gasteiger partial charge < -0.3 is 18.4 Å². The highest BCUT2D eigenvalue weighted by molar-refractivity contribution is 7.22. The molecule has 0 saturated heterocycles. The Morgan fingerprint density at radius 3 is 2.64 bits per heavy atom. The molecule has 144 valence electrons. The maximum absolute atomic E-state index is 13.1. The number of carbonyl (C=O) groups is 1. The van der Waals surface area contributed by atoms with Gasteiger partial charge in [-0.3, -0.25) is 9.69 Å². The van der Waals surface area contributed by atoms with E-state index >= 15 is 0 Å². The Morgan fingerprint density at radius 2 is 2.00 bits per heavy atom. The molecule has 9 heteroatoms. The third-order valence-electron chi connectivity index (χ3n) is 4.11. The van der Waals surface area contributed by atoms with Crippen LogP contribution in [0.2, 0.25) is 0 Å². The van der Waals surface area contributed by atoms with Gasteiger partial charge in [-0.05, 0) is 31.2 Å². The molecule has 3 aromatic heterocycles. The van der Waals surface area contributed by atoms with Crippen LogP contribution in [0, 0.1) is 6.92 Å². The maximum atomic E-state index is 13.1. The highest BCUT2D eigenvalue weighted by Gasteiger charge is 2.27. The zero-order valence-electron chi connectivity index (χ0n) is 15.5. The van der Waals surface area contributed by atoms with E-state index < -0.39 is 0 Å². The topological polar surface area (TPSA) is 90.8 Å². The number of rotatable bonds is 6. The van der Waals surface area contributed by atoms with Crippen LogP contribution in [0.25, 0.3) is 10.2 Å². The molecule has 8 nitrogen and oxygen atoms in total. The number of fused-ring (bicyclic) bond motifs is 1. The zero-order chi connectivity index (χ0) is 19.7. The second kappa shape index (κ2) is 7.35. The van der Waals surface area contributed by atoms with Crippen molar-refractivity contribution in [1.82, 2.24) is 10.1 Å². The molecule has 0 spiro atoms. The fourth-order valence-electron chi connectivity index (χ4n) is 2.77. The van der Waals surface area contributed by atoms with E-state index in [-0.39, 0.29) is 18.2 Å². The highest BCUT2D eigenvalue weighted by Crippen LogP contribution is 2.40. The van der Waals surface area contributed by atoms with E-state index in [0.717, 1.165) is 4.70 Å². The van der Waals surface area contributed by atoms with Crippen LogP contribution < -0.4 is 14.4 Å². The summed E-state index contributed by atoms with van der Waals surface area (Å²) in [5.41, 5.74) is 1.24. The number of aromatic nitrogens is 2. The van der Waals surface area contributed by atoms with Crippen LogP contribution in [0.3, 0.4) is 0 Å². The lowest BCUT2D eigenvalue weighted by atomic mass is 10.3. The van der Waals surface area contributed by atoms with Crippen LogP contribution in [-0.4, -0.2) is 30.3 Å². The SMILES string of the molecule is COc1ccc(OC)c2sc(N(Cc3ccco3)C(=O)c3cc(C)no3)nc12. The summed E-state index contributed by atoms with van der Waals surface area (Å²) in [5, 5.41) is 4.27. The number of nitrogens with zero attached hydrogens (tertiary/aromatic N) is 3. The summed E-state index contributed by atoms with van der Waals surface area (Å²) in [6.45, 7) is 1.95. The van der Waals surface area contributed by atoms with Gasteiger partial charge in [0.05, 0.1) is 32.7 Å². The lowest BCUT2D eigenvalue weighted by Crippen LogP contribution is -2.29. The molecule has 0 aliphatic carbocycles. The number of hydrogen-bond donors (Lipinski definition) is 0. The molecule has 0 saturated carbocycles. The minimum atomic E-state index is -0.367. The molecule has 0 radical (unpaired) electrons. The molecule has 0 atom stereocenters. The van der Waals surface area contributed by atoms with Crippen molar-refractivity contribution in [1.29, 1.82) is 0 Å². The fourth-order valence-corrected chi connectivity index (χ4v) is 3.84. The molecule has 28 heavy (non-hydrogen) atoms. The van der Waals surface area contributed by atoms with Crippen molar-refractivity contribution in [3.63, 3.8) is 0 Å². The van der Waals surface area contributed by atoms with Crippen molar-refractivity contribution in [3.05, 3.63) is 53.8 Å². The van der Waals surface area contributed by atoms with Crippen molar-refractivity contribution in [2.75, 3.05) is 19.1 Å². The van der Waals surface area contributed by atoms with E-state index in [2.05, 4.69) is 10.1 Å². The third kappa shape index (κ3) is 3.20. The van der Waals surface area contributed by atoms with Crippen LogP contribution in [0.5, 0.6) is 11.5 Å². The van der Waals surface area contributed by atoms with Crippen molar-refractivity contribution in [3.8, 4) is 11.5 Å². The average molecular weight is 399 g/mol. The van der Waals surface area contributed by atoms with E-state index in [1.54, 1.807) is 51.7 Å². The largest absolute Gasteiger partial charge is 0.495 e. The van der Waals surface area contributed by atoms with Crippen molar-refractivity contribution in [2.24, 2.45) is 0 Å². The number of benzene rings is 1. The Labute approximate surface area is 164 Å². The van der Waals surface area contributed by atoms with Crippen molar-refractivity contribution >= 4 is 32.6 Å². The predicted octanol–water partition coefficient (Wildman–Crippen LogP) is 4.05. The van der Waals surface area contributed by atoms with Crippen LogP contribution in [-0.2, 0) is 6.54 Å². The first-order valence-corrected chi connectivity index (χ1v) is 9.21. The van der Waals surface area contributed by atoms with E-state index in [0.29, 0.717) is 33.6 Å². The molecular formula is C19H17N3O5S. The van der Waals surface area contributed by atoms with Gasteiger partial charge >= 0.3 is 0 Å². The lowest BCUT2D eigenvalue weighted by molar-refractivity contribution is 0.0947. The number of amides is 1. The molecule has 3 heterocycles. The van der Waals surface area contributed by atoms with Crippen LogP contribution in [0.4, 0.5) is 5.13 Å². The summed E-state index contributed by atoms with van der Waals surface area (Å²) in [6, 6.07) is 8.73. The van der Waals surface area contributed by atoms with Crippen LogP contribution >= 0.6 is 11.3 Å². The Kier molecular flexibility index (Phi) is 4.74. The Bertz CT molecular complexity index is 1080. The molecule has 0 unspecified atom stereocenters. The van der Waals surface area contributed by atoms with Gasteiger partial charge in [-0.2, -0.15) is 0 Å². The summed E-state index contributed by atoms with van der Waals surface area (Å²) in [6.07, 6.45) is 1.56. The summed E-state index contributed by atoms with van der Waals surface area (Å²) in [4.78, 5) is 19.3. The monoisotopic (exact) mass is 399 g/mol. The third-order valence-corrected chi connectivity index (χ3v) is 5.20. The van der Waals surface area contributed by atoms with Crippen LogP contribution in [0.1, 0.15) is 22.0 Å². The molecule has 0 aliphatic rings. The summed E-state index contributed by atoms with van der Waals surface area (Å²) in [5.74, 6) is 1.62. The van der Waals surface area contributed by atoms with Gasteiger partial charge in [0.1, 0.15) is 27.5 Å². The fraction of sp³-hybridized carbons (Fsp3) is 0.211. The number of methoxy groups -OCH3 is 2. The molecule has 0 N–H and O–H groups in total. The molecule has 0 bridgehead atoms.